The molecule has 1 aromatic heterocycles. The smallest absolute Gasteiger partial charge is 0.154 e. The molecule has 2 rings (SSSR count). The maximum absolute atomic E-state index is 11.4. The maximum Gasteiger partial charge on any atom is 0.154 e. The first-order chi connectivity index (χ1) is 6.98. The topological polar surface area (TPSA) is 47.0 Å². The fourth-order valence-corrected chi connectivity index (χ4v) is 3.16. The van der Waals surface area contributed by atoms with Crippen molar-refractivity contribution in [3.05, 3.63) is 29.1 Å². The fraction of sp³-hybridized carbons (Fsp3) is 0.545. The van der Waals surface area contributed by atoms with Gasteiger partial charge in [-0.05, 0) is 17.5 Å². The summed E-state index contributed by atoms with van der Waals surface area (Å²) in [5.41, 5.74) is 2.90. The van der Waals surface area contributed by atoms with E-state index in [0.29, 0.717) is 12.3 Å². The first-order valence-corrected chi connectivity index (χ1v) is 6.99. The van der Waals surface area contributed by atoms with E-state index in [4.69, 9.17) is 0 Å². The quantitative estimate of drug-likeness (QED) is 0.730. The summed E-state index contributed by atoms with van der Waals surface area (Å²) in [5.74, 6) is 0.802. The molecule has 0 amide bonds. The molecule has 0 aliphatic carbocycles. The number of hydrogen-bond donors (Lipinski definition) is 0. The molecular weight excluding hydrogens is 210 g/mol. The van der Waals surface area contributed by atoms with Gasteiger partial charge in [0.15, 0.2) is 9.84 Å². The van der Waals surface area contributed by atoms with Crippen LogP contribution in [0.2, 0.25) is 0 Å². The number of rotatable bonds is 1. The summed E-state index contributed by atoms with van der Waals surface area (Å²) in [7, 11) is -2.87. The van der Waals surface area contributed by atoms with Crippen LogP contribution in [0.5, 0.6) is 0 Å². The van der Waals surface area contributed by atoms with E-state index in [1.54, 1.807) is 0 Å². The van der Waals surface area contributed by atoms with Crippen LogP contribution < -0.4 is 0 Å². The summed E-state index contributed by atoms with van der Waals surface area (Å²) < 4.78 is 22.8. The molecule has 0 radical (unpaired) electrons. The van der Waals surface area contributed by atoms with E-state index in [-0.39, 0.29) is 11.5 Å². The van der Waals surface area contributed by atoms with Crippen molar-refractivity contribution in [2.45, 2.75) is 31.9 Å². The summed E-state index contributed by atoms with van der Waals surface area (Å²) in [6, 6.07) is 3.85. The largest absolute Gasteiger partial charge is 0.257 e. The minimum absolute atomic E-state index is 0.160. The first-order valence-electron chi connectivity index (χ1n) is 5.17. The lowest BCUT2D eigenvalue weighted by Gasteiger charge is -2.17. The highest BCUT2D eigenvalue weighted by molar-refractivity contribution is 7.90. The third-order valence-corrected chi connectivity index (χ3v) is 4.28. The summed E-state index contributed by atoms with van der Waals surface area (Å²) >= 11 is 0. The zero-order chi connectivity index (χ0) is 11.1. The van der Waals surface area contributed by atoms with Crippen LogP contribution in [0.4, 0.5) is 0 Å². The molecule has 2 heterocycles. The molecule has 1 aromatic rings. The lowest BCUT2D eigenvalue weighted by atomic mass is 10.1. The zero-order valence-corrected chi connectivity index (χ0v) is 9.84. The van der Waals surface area contributed by atoms with Gasteiger partial charge in [0.2, 0.25) is 0 Å². The van der Waals surface area contributed by atoms with Gasteiger partial charge in [-0.3, -0.25) is 4.98 Å². The number of aryl methyl sites for hydroxylation is 1. The van der Waals surface area contributed by atoms with Gasteiger partial charge in [-0.25, -0.2) is 8.42 Å². The van der Waals surface area contributed by atoms with Crippen molar-refractivity contribution < 1.29 is 8.42 Å². The molecule has 82 valence electrons. The van der Waals surface area contributed by atoms with Crippen LogP contribution in [-0.2, 0) is 22.0 Å². The Morgan fingerprint density at radius 3 is 2.73 bits per heavy atom. The van der Waals surface area contributed by atoms with E-state index >= 15 is 0 Å². The number of hydrogen-bond acceptors (Lipinski definition) is 3. The summed E-state index contributed by atoms with van der Waals surface area (Å²) in [4.78, 5) is 4.51. The van der Waals surface area contributed by atoms with E-state index < -0.39 is 9.84 Å². The van der Waals surface area contributed by atoms with Crippen LogP contribution in [0.1, 0.15) is 36.7 Å². The number of pyridine rings is 1. The molecule has 15 heavy (non-hydrogen) atoms. The predicted octanol–water partition coefficient (Wildman–Crippen LogP) is 1.68. The Bertz CT molecular complexity index is 477. The van der Waals surface area contributed by atoms with Gasteiger partial charge in [0.25, 0.3) is 0 Å². The van der Waals surface area contributed by atoms with Crippen molar-refractivity contribution in [1.82, 2.24) is 4.98 Å². The summed E-state index contributed by atoms with van der Waals surface area (Å²) in [5, 5.41) is 0. The minimum atomic E-state index is -2.87. The van der Waals surface area contributed by atoms with Crippen molar-refractivity contribution in [1.29, 1.82) is 0 Å². The highest BCUT2D eigenvalue weighted by Gasteiger charge is 2.22. The van der Waals surface area contributed by atoms with E-state index in [0.717, 1.165) is 17.0 Å². The molecule has 1 aliphatic heterocycles. The molecular formula is C11H15NO2S. The third kappa shape index (κ3) is 2.20. The van der Waals surface area contributed by atoms with Gasteiger partial charge in [-0.2, -0.15) is 0 Å². The van der Waals surface area contributed by atoms with Gasteiger partial charge in [0.05, 0.1) is 11.5 Å². The van der Waals surface area contributed by atoms with Gasteiger partial charge in [0.1, 0.15) is 0 Å². The van der Waals surface area contributed by atoms with Crippen LogP contribution in [-0.4, -0.2) is 19.2 Å². The second kappa shape index (κ2) is 3.59. The zero-order valence-electron chi connectivity index (χ0n) is 9.03. The third-order valence-electron chi connectivity index (χ3n) is 2.71. The van der Waals surface area contributed by atoms with Crippen LogP contribution in [0.25, 0.3) is 0 Å². The molecule has 0 saturated carbocycles. The molecule has 0 atom stereocenters. The molecule has 0 unspecified atom stereocenters. The van der Waals surface area contributed by atoms with Crippen molar-refractivity contribution in [3.63, 3.8) is 0 Å². The number of nitrogens with zero attached hydrogens (tertiary/aromatic N) is 1. The first kappa shape index (κ1) is 10.6. The van der Waals surface area contributed by atoms with Crippen molar-refractivity contribution >= 4 is 9.84 Å². The van der Waals surface area contributed by atoms with Gasteiger partial charge >= 0.3 is 0 Å². The average molecular weight is 225 g/mol. The molecule has 0 spiro atoms. The SMILES string of the molecule is CC(C)c1ccc2c(n1)CCS(=O)(=O)C2. The lowest BCUT2D eigenvalue weighted by molar-refractivity contribution is 0.590. The second-order valence-corrected chi connectivity index (χ2v) is 6.52. The Labute approximate surface area is 90.5 Å². The maximum atomic E-state index is 11.4. The van der Waals surface area contributed by atoms with Crippen molar-refractivity contribution in [3.8, 4) is 0 Å². The summed E-state index contributed by atoms with van der Waals surface area (Å²) in [6.07, 6.45) is 0.568. The van der Waals surface area contributed by atoms with E-state index in [1.807, 2.05) is 12.1 Å². The molecule has 0 bridgehead atoms. The van der Waals surface area contributed by atoms with Crippen molar-refractivity contribution in [2.75, 3.05) is 5.75 Å². The standard InChI is InChI=1S/C11H15NO2S/c1-8(2)10-4-3-9-7-15(13,14)6-5-11(9)12-10/h3-4,8H,5-7H2,1-2H3. The van der Waals surface area contributed by atoms with Crippen molar-refractivity contribution in [2.24, 2.45) is 0 Å². The fourth-order valence-electron chi connectivity index (χ4n) is 1.78. The van der Waals surface area contributed by atoms with E-state index in [9.17, 15) is 8.42 Å². The van der Waals surface area contributed by atoms with Gasteiger partial charge in [-0.1, -0.05) is 19.9 Å². The van der Waals surface area contributed by atoms with E-state index in [2.05, 4.69) is 18.8 Å². The van der Waals surface area contributed by atoms with Gasteiger partial charge in [0, 0.05) is 17.8 Å². The number of aromatic nitrogens is 1. The molecule has 0 N–H and O–H groups in total. The van der Waals surface area contributed by atoms with Crippen LogP contribution in [0, 0.1) is 0 Å². The lowest BCUT2D eigenvalue weighted by Crippen LogP contribution is -2.20. The molecule has 0 fully saturated rings. The normalized spacial score (nSPS) is 18.9. The predicted molar refractivity (Wildman–Crippen MR) is 59.5 cm³/mol. The second-order valence-electron chi connectivity index (χ2n) is 4.34. The Morgan fingerprint density at radius 2 is 2.07 bits per heavy atom. The molecule has 1 aliphatic rings. The van der Waals surface area contributed by atoms with Gasteiger partial charge < -0.3 is 0 Å². The Balaban J connectivity index is 2.41. The Kier molecular flexibility index (Phi) is 2.54. The Hall–Kier alpha value is -0.900. The molecule has 0 aromatic carbocycles. The van der Waals surface area contributed by atoms with E-state index in [1.165, 1.54) is 0 Å². The summed E-state index contributed by atoms with van der Waals surface area (Å²) in [6.45, 7) is 4.18. The Morgan fingerprint density at radius 1 is 1.33 bits per heavy atom. The highest BCUT2D eigenvalue weighted by Crippen LogP contribution is 2.21. The molecule has 3 nitrogen and oxygen atoms in total. The monoisotopic (exact) mass is 225 g/mol. The van der Waals surface area contributed by atoms with Crippen LogP contribution >= 0.6 is 0 Å². The minimum Gasteiger partial charge on any atom is -0.257 e. The van der Waals surface area contributed by atoms with Crippen LogP contribution in [0.3, 0.4) is 0 Å². The number of sulfone groups is 1. The molecule has 0 saturated heterocycles. The van der Waals surface area contributed by atoms with Crippen LogP contribution in [0.15, 0.2) is 12.1 Å². The molecule has 4 heteroatoms. The van der Waals surface area contributed by atoms with Gasteiger partial charge in [-0.15, -0.1) is 0 Å². The highest BCUT2D eigenvalue weighted by atomic mass is 32.2. The average Bonchev–Trinajstić information content (AvgIpc) is 2.15. The number of fused-ring (bicyclic) bond motifs is 1.